The molecule has 0 bridgehead atoms. The molecule has 6 heteroatoms. The van der Waals surface area contributed by atoms with Crippen LogP contribution in [0.25, 0.3) is 0 Å². The Bertz CT molecular complexity index is 626. The quantitative estimate of drug-likeness (QED) is 0.716. The van der Waals surface area contributed by atoms with Crippen LogP contribution in [0.2, 0.25) is 15.1 Å². The smallest absolute Gasteiger partial charge is 0.255 e. The third-order valence-corrected chi connectivity index (χ3v) is 3.53. The van der Waals surface area contributed by atoms with Gasteiger partial charge in [-0.2, -0.15) is 0 Å². The van der Waals surface area contributed by atoms with Crippen LogP contribution in [0.3, 0.4) is 0 Å². The fourth-order valence-electron chi connectivity index (χ4n) is 1.47. The van der Waals surface area contributed by atoms with Gasteiger partial charge >= 0.3 is 0 Å². The highest BCUT2D eigenvalue weighted by Crippen LogP contribution is 2.26. The summed E-state index contributed by atoms with van der Waals surface area (Å²) in [4.78, 5) is 12.1. The van der Waals surface area contributed by atoms with E-state index in [4.69, 9.17) is 34.8 Å². The third-order valence-electron chi connectivity index (χ3n) is 2.30. The van der Waals surface area contributed by atoms with Crippen LogP contribution in [0, 0.1) is 0 Å². The fraction of sp³-hybridized carbons (Fsp3) is 0. The fourth-order valence-corrected chi connectivity index (χ4v) is 2.79. The molecule has 0 saturated heterocycles. The summed E-state index contributed by atoms with van der Waals surface area (Å²) in [6.07, 6.45) is 0. The largest absolute Gasteiger partial charge is 0.321 e. The van der Waals surface area contributed by atoms with Crippen LogP contribution >= 0.6 is 50.7 Å². The predicted octanol–water partition coefficient (Wildman–Crippen LogP) is 5.66. The van der Waals surface area contributed by atoms with Crippen molar-refractivity contribution in [2.45, 2.75) is 0 Å². The molecule has 0 atom stereocenters. The predicted molar refractivity (Wildman–Crippen MR) is 83.6 cm³/mol. The second kappa shape index (κ2) is 6.14. The number of carbonyl (C=O) groups excluding carboxylic acids is 1. The van der Waals surface area contributed by atoms with E-state index in [1.54, 1.807) is 36.4 Å². The summed E-state index contributed by atoms with van der Waals surface area (Å²) in [5.41, 5.74) is 0.928. The number of hydrogen-bond acceptors (Lipinski definition) is 1. The SMILES string of the molecule is O=C(Nc1ccc(Cl)cc1Cl)c1cc(Cl)cc(Br)c1. The van der Waals surface area contributed by atoms with Crippen molar-refractivity contribution in [1.82, 2.24) is 0 Å². The van der Waals surface area contributed by atoms with Gasteiger partial charge in [0, 0.05) is 20.1 Å². The number of carbonyl (C=O) groups is 1. The van der Waals surface area contributed by atoms with Crippen molar-refractivity contribution in [3.8, 4) is 0 Å². The summed E-state index contributed by atoms with van der Waals surface area (Å²) in [6.45, 7) is 0. The van der Waals surface area contributed by atoms with E-state index in [0.717, 1.165) is 4.47 Å². The molecule has 1 N–H and O–H groups in total. The molecule has 0 aromatic heterocycles. The molecule has 2 nitrogen and oxygen atoms in total. The maximum absolute atomic E-state index is 12.1. The van der Waals surface area contributed by atoms with Gasteiger partial charge in [0.2, 0.25) is 0 Å². The average molecular weight is 379 g/mol. The van der Waals surface area contributed by atoms with Crippen molar-refractivity contribution in [2.24, 2.45) is 0 Å². The van der Waals surface area contributed by atoms with Crippen LogP contribution < -0.4 is 5.32 Å². The lowest BCUT2D eigenvalue weighted by Gasteiger charge is -2.08. The summed E-state index contributed by atoms with van der Waals surface area (Å²) in [7, 11) is 0. The summed E-state index contributed by atoms with van der Waals surface area (Å²) in [6, 6.07) is 9.80. The maximum Gasteiger partial charge on any atom is 0.255 e. The first-order chi connectivity index (χ1) is 8.95. The number of benzene rings is 2. The van der Waals surface area contributed by atoms with E-state index in [2.05, 4.69) is 21.2 Å². The number of rotatable bonds is 2. The lowest BCUT2D eigenvalue weighted by Crippen LogP contribution is -2.12. The van der Waals surface area contributed by atoms with Gasteiger partial charge in [0.05, 0.1) is 10.7 Å². The Morgan fingerprint density at radius 3 is 2.37 bits per heavy atom. The molecule has 0 heterocycles. The molecule has 0 fully saturated rings. The van der Waals surface area contributed by atoms with Crippen LogP contribution in [0.5, 0.6) is 0 Å². The molecule has 0 aliphatic carbocycles. The molecule has 19 heavy (non-hydrogen) atoms. The molecule has 2 aromatic rings. The number of hydrogen-bond donors (Lipinski definition) is 1. The number of amides is 1. The first-order valence-corrected chi connectivity index (χ1v) is 7.11. The number of halogens is 4. The molecule has 0 radical (unpaired) electrons. The lowest BCUT2D eigenvalue weighted by atomic mass is 10.2. The highest BCUT2D eigenvalue weighted by atomic mass is 79.9. The zero-order valence-corrected chi connectivity index (χ0v) is 13.2. The minimum absolute atomic E-state index is 0.299. The van der Waals surface area contributed by atoms with E-state index in [1.165, 1.54) is 0 Å². The Hall–Kier alpha value is -0.740. The maximum atomic E-state index is 12.1. The molecular weight excluding hydrogens is 372 g/mol. The second-order valence-corrected chi connectivity index (χ2v) is 5.93. The van der Waals surface area contributed by atoms with E-state index in [1.807, 2.05) is 0 Å². The van der Waals surface area contributed by atoms with E-state index >= 15 is 0 Å². The van der Waals surface area contributed by atoms with Crippen molar-refractivity contribution < 1.29 is 4.79 Å². The third kappa shape index (κ3) is 3.86. The minimum atomic E-state index is -0.299. The second-order valence-electron chi connectivity index (χ2n) is 3.74. The lowest BCUT2D eigenvalue weighted by molar-refractivity contribution is 0.102. The Balaban J connectivity index is 2.25. The van der Waals surface area contributed by atoms with Crippen LogP contribution in [0.1, 0.15) is 10.4 Å². The molecule has 0 saturated carbocycles. The van der Waals surface area contributed by atoms with E-state index in [-0.39, 0.29) is 5.91 Å². The molecule has 98 valence electrons. The van der Waals surface area contributed by atoms with Crippen LogP contribution in [-0.4, -0.2) is 5.91 Å². The molecule has 0 aliphatic rings. The van der Waals surface area contributed by atoms with Gasteiger partial charge < -0.3 is 5.32 Å². The molecule has 0 unspecified atom stereocenters. The Morgan fingerprint density at radius 1 is 1.00 bits per heavy atom. The summed E-state index contributed by atoms with van der Waals surface area (Å²) in [5.74, 6) is -0.299. The molecule has 2 rings (SSSR count). The van der Waals surface area contributed by atoms with Crippen molar-refractivity contribution in [3.05, 3.63) is 61.5 Å². The van der Waals surface area contributed by atoms with Crippen molar-refractivity contribution in [2.75, 3.05) is 5.32 Å². The van der Waals surface area contributed by atoms with Gasteiger partial charge in [-0.3, -0.25) is 4.79 Å². The topological polar surface area (TPSA) is 29.1 Å². The van der Waals surface area contributed by atoms with E-state index in [9.17, 15) is 4.79 Å². The number of nitrogens with one attached hydrogen (secondary N) is 1. The number of anilines is 1. The van der Waals surface area contributed by atoms with Crippen molar-refractivity contribution >= 4 is 62.3 Å². The zero-order valence-electron chi connectivity index (χ0n) is 9.38. The average Bonchev–Trinajstić information content (AvgIpc) is 2.31. The standard InChI is InChI=1S/C13H7BrCl3NO/c14-8-3-7(4-10(16)5-8)13(19)18-12-2-1-9(15)6-11(12)17/h1-6H,(H,18,19). The molecular formula is C13H7BrCl3NO. The van der Waals surface area contributed by atoms with E-state index in [0.29, 0.717) is 26.3 Å². The van der Waals surface area contributed by atoms with Crippen LogP contribution in [0.15, 0.2) is 40.9 Å². The summed E-state index contributed by atoms with van der Waals surface area (Å²) >= 11 is 21.0. The molecule has 2 aromatic carbocycles. The van der Waals surface area contributed by atoms with Gasteiger partial charge in [-0.25, -0.2) is 0 Å². The monoisotopic (exact) mass is 377 g/mol. The molecule has 1 amide bonds. The van der Waals surface area contributed by atoms with Crippen molar-refractivity contribution in [1.29, 1.82) is 0 Å². The Labute approximate surface area is 133 Å². The summed E-state index contributed by atoms with van der Waals surface area (Å²) in [5, 5.41) is 4.06. The van der Waals surface area contributed by atoms with Crippen molar-refractivity contribution in [3.63, 3.8) is 0 Å². The van der Waals surface area contributed by atoms with Crippen LogP contribution in [0.4, 0.5) is 5.69 Å². The normalized spacial score (nSPS) is 10.3. The minimum Gasteiger partial charge on any atom is -0.321 e. The van der Waals surface area contributed by atoms with E-state index < -0.39 is 0 Å². The Kier molecular flexibility index (Phi) is 4.74. The molecule has 0 spiro atoms. The first-order valence-electron chi connectivity index (χ1n) is 5.18. The van der Waals surface area contributed by atoms with Gasteiger partial charge in [0.25, 0.3) is 5.91 Å². The highest BCUT2D eigenvalue weighted by Gasteiger charge is 2.10. The van der Waals surface area contributed by atoms with Crippen LogP contribution in [-0.2, 0) is 0 Å². The van der Waals surface area contributed by atoms with Gasteiger partial charge in [-0.05, 0) is 36.4 Å². The van der Waals surface area contributed by atoms with Gasteiger partial charge in [0.15, 0.2) is 0 Å². The van der Waals surface area contributed by atoms with Gasteiger partial charge in [-0.1, -0.05) is 50.7 Å². The highest BCUT2D eigenvalue weighted by molar-refractivity contribution is 9.10. The zero-order chi connectivity index (χ0) is 14.0. The summed E-state index contributed by atoms with van der Waals surface area (Å²) < 4.78 is 0.729. The Morgan fingerprint density at radius 2 is 1.74 bits per heavy atom. The molecule has 0 aliphatic heterocycles. The van der Waals surface area contributed by atoms with Gasteiger partial charge in [0.1, 0.15) is 0 Å². The first kappa shape index (κ1) is 14.7. The van der Waals surface area contributed by atoms with Gasteiger partial charge in [-0.15, -0.1) is 0 Å².